The molecule has 2 atom stereocenters. The highest BCUT2D eigenvalue weighted by Crippen LogP contribution is 2.29. The van der Waals surface area contributed by atoms with Gasteiger partial charge in [-0.25, -0.2) is 0 Å². The summed E-state index contributed by atoms with van der Waals surface area (Å²) < 4.78 is 6.05. The molecule has 0 unspecified atom stereocenters. The molecule has 104 valence electrons. The number of benzene rings is 2. The summed E-state index contributed by atoms with van der Waals surface area (Å²) in [6, 6.07) is 21.7. The van der Waals surface area contributed by atoms with Crippen molar-refractivity contribution in [2.24, 2.45) is 0 Å². The fourth-order valence-corrected chi connectivity index (χ4v) is 2.76. The van der Waals surface area contributed by atoms with Crippen LogP contribution in [0.3, 0.4) is 0 Å². The van der Waals surface area contributed by atoms with E-state index in [-0.39, 0.29) is 6.10 Å². The number of nitrogens with zero attached hydrogens (tertiary/aromatic N) is 1. The van der Waals surface area contributed by atoms with Gasteiger partial charge in [0, 0.05) is 12.6 Å². The highest BCUT2D eigenvalue weighted by atomic mass is 16.5. The van der Waals surface area contributed by atoms with Gasteiger partial charge in [-0.3, -0.25) is 4.90 Å². The lowest BCUT2D eigenvalue weighted by atomic mass is 10.0. The summed E-state index contributed by atoms with van der Waals surface area (Å²) in [5.41, 5.74) is 2.64. The van der Waals surface area contributed by atoms with Crippen LogP contribution in [0, 0.1) is 0 Å². The molecule has 0 radical (unpaired) electrons. The molecule has 2 aromatic carbocycles. The van der Waals surface area contributed by atoms with E-state index in [0.29, 0.717) is 12.8 Å². The maximum absolute atomic E-state index is 6.05. The first-order valence-corrected chi connectivity index (χ1v) is 7.27. The van der Waals surface area contributed by atoms with Crippen molar-refractivity contribution in [3.05, 3.63) is 71.8 Å². The molecule has 2 heteroatoms. The van der Waals surface area contributed by atoms with Crippen molar-refractivity contribution in [2.45, 2.75) is 32.0 Å². The van der Waals surface area contributed by atoms with Gasteiger partial charge in [0.05, 0.1) is 6.10 Å². The van der Waals surface area contributed by atoms with E-state index in [1.807, 2.05) is 0 Å². The molecule has 1 aliphatic rings. The quantitative estimate of drug-likeness (QED) is 0.833. The monoisotopic (exact) mass is 267 g/mol. The molecule has 1 fully saturated rings. The fourth-order valence-electron chi connectivity index (χ4n) is 2.76. The van der Waals surface area contributed by atoms with Crippen molar-refractivity contribution in [2.75, 3.05) is 6.73 Å². The molecule has 20 heavy (non-hydrogen) atoms. The standard InChI is InChI=1S/C18H21NO/c1-15-12-18(17-10-6-3-7-11-17)20-14-19(15)13-16-8-4-2-5-9-16/h2-11,15,18H,12-14H2,1H3/t15-,18+/m0/s1. The smallest absolute Gasteiger partial charge is 0.100 e. The Morgan fingerprint density at radius 2 is 1.65 bits per heavy atom. The second-order valence-electron chi connectivity index (χ2n) is 5.51. The Morgan fingerprint density at radius 3 is 2.30 bits per heavy atom. The Morgan fingerprint density at radius 1 is 1.00 bits per heavy atom. The topological polar surface area (TPSA) is 12.5 Å². The first kappa shape index (κ1) is 13.3. The van der Waals surface area contributed by atoms with Gasteiger partial charge in [0.2, 0.25) is 0 Å². The molecule has 1 aliphatic heterocycles. The number of ether oxygens (including phenoxy) is 1. The zero-order valence-electron chi connectivity index (χ0n) is 11.9. The molecular weight excluding hydrogens is 246 g/mol. The number of hydrogen-bond acceptors (Lipinski definition) is 2. The lowest BCUT2D eigenvalue weighted by Crippen LogP contribution is -2.40. The molecule has 2 aromatic rings. The molecular formula is C18H21NO. The van der Waals surface area contributed by atoms with Gasteiger partial charge in [0.25, 0.3) is 0 Å². The average Bonchev–Trinajstić information content (AvgIpc) is 2.51. The average molecular weight is 267 g/mol. The molecule has 3 rings (SSSR count). The molecule has 1 saturated heterocycles. The molecule has 0 N–H and O–H groups in total. The highest BCUT2D eigenvalue weighted by molar-refractivity contribution is 5.18. The van der Waals surface area contributed by atoms with Gasteiger partial charge in [-0.15, -0.1) is 0 Å². The van der Waals surface area contributed by atoms with Gasteiger partial charge in [-0.05, 0) is 24.5 Å². The summed E-state index contributed by atoms with van der Waals surface area (Å²) in [6.45, 7) is 3.96. The zero-order chi connectivity index (χ0) is 13.8. The third-order valence-electron chi connectivity index (χ3n) is 4.02. The van der Waals surface area contributed by atoms with Crippen molar-refractivity contribution in [1.29, 1.82) is 0 Å². The van der Waals surface area contributed by atoms with E-state index in [9.17, 15) is 0 Å². The second kappa shape index (κ2) is 6.21. The molecule has 1 heterocycles. The molecule has 0 saturated carbocycles. The third-order valence-corrected chi connectivity index (χ3v) is 4.02. The second-order valence-corrected chi connectivity index (χ2v) is 5.51. The predicted molar refractivity (Wildman–Crippen MR) is 81.2 cm³/mol. The van der Waals surface area contributed by atoms with Crippen molar-refractivity contribution >= 4 is 0 Å². The van der Waals surface area contributed by atoms with Gasteiger partial charge in [-0.2, -0.15) is 0 Å². The first-order chi connectivity index (χ1) is 9.83. The van der Waals surface area contributed by atoms with Gasteiger partial charge >= 0.3 is 0 Å². The lowest BCUT2D eigenvalue weighted by molar-refractivity contribution is -0.0983. The van der Waals surface area contributed by atoms with E-state index in [1.54, 1.807) is 0 Å². The summed E-state index contributed by atoms with van der Waals surface area (Å²) in [5, 5.41) is 0. The van der Waals surface area contributed by atoms with E-state index >= 15 is 0 Å². The van der Waals surface area contributed by atoms with Crippen molar-refractivity contribution in [3.8, 4) is 0 Å². The van der Waals surface area contributed by atoms with Crippen LogP contribution in [0.2, 0.25) is 0 Å². The maximum atomic E-state index is 6.05. The summed E-state index contributed by atoms with van der Waals surface area (Å²) in [6.07, 6.45) is 1.29. The molecule has 2 nitrogen and oxygen atoms in total. The maximum Gasteiger partial charge on any atom is 0.100 e. The van der Waals surface area contributed by atoms with E-state index in [0.717, 1.165) is 13.0 Å². The highest BCUT2D eigenvalue weighted by Gasteiger charge is 2.26. The SMILES string of the molecule is C[C@H]1C[C@H](c2ccccc2)OCN1Cc1ccccc1. The van der Waals surface area contributed by atoms with Crippen LogP contribution in [0.1, 0.15) is 30.6 Å². The summed E-state index contributed by atoms with van der Waals surface area (Å²) in [4.78, 5) is 2.40. The molecule has 0 amide bonds. The third kappa shape index (κ3) is 3.09. The van der Waals surface area contributed by atoms with E-state index < -0.39 is 0 Å². The van der Waals surface area contributed by atoms with E-state index in [1.165, 1.54) is 11.1 Å². The Balaban J connectivity index is 1.63. The minimum absolute atomic E-state index is 0.234. The van der Waals surface area contributed by atoms with Crippen LogP contribution in [0.15, 0.2) is 60.7 Å². The molecule has 0 aromatic heterocycles. The van der Waals surface area contributed by atoms with Crippen molar-refractivity contribution in [1.82, 2.24) is 4.90 Å². The summed E-state index contributed by atoms with van der Waals surface area (Å²) in [5.74, 6) is 0. The lowest BCUT2D eigenvalue weighted by Gasteiger charge is -2.37. The Bertz CT molecular complexity index is 526. The van der Waals surface area contributed by atoms with Gasteiger partial charge in [0.15, 0.2) is 0 Å². The Labute approximate surface area is 121 Å². The summed E-state index contributed by atoms with van der Waals surface area (Å²) >= 11 is 0. The fraction of sp³-hybridized carbons (Fsp3) is 0.333. The van der Waals surface area contributed by atoms with Crippen molar-refractivity contribution < 1.29 is 4.74 Å². The molecule has 0 aliphatic carbocycles. The van der Waals surface area contributed by atoms with Gasteiger partial charge < -0.3 is 4.74 Å². The van der Waals surface area contributed by atoms with Crippen LogP contribution in [0.4, 0.5) is 0 Å². The largest absolute Gasteiger partial charge is 0.358 e. The first-order valence-electron chi connectivity index (χ1n) is 7.27. The van der Waals surface area contributed by atoms with Gasteiger partial charge in [-0.1, -0.05) is 60.7 Å². The molecule has 0 spiro atoms. The van der Waals surface area contributed by atoms with Crippen LogP contribution in [-0.2, 0) is 11.3 Å². The van der Waals surface area contributed by atoms with Crippen LogP contribution in [-0.4, -0.2) is 17.7 Å². The number of hydrogen-bond donors (Lipinski definition) is 0. The van der Waals surface area contributed by atoms with Crippen LogP contribution < -0.4 is 0 Å². The molecule has 0 bridgehead atoms. The van der Waals surface area contributed by atoms with Crippen LogP contribution in [0.5, 0.6) is 0 Å². The van der Waals surface area contributed by atoms with E-state index in [4.69, 9.17) is 4.74 Å². The number of rotatable bonds is 3. The minimum atomic E-state index is 0.234. The normalized spacial score (nSPS) is 23.6. The van der Waals surface area contributed by atoms with Crippen LogP contribution in [0.25, 0.3) is 0 Å². The Kier molecular flexibility index (Phi) is 4.14. The van der Waals surface area contributed by atoms with Crippen molar-refractivity contribution in [3.63, 3.8) is 0 Å². The van der Waals surface area contributed by atoms with E-state index in [2.05, 4.69) is 72.5 Å². The summed E-state index contributed by atoms with van der Waals surface area (Å²) in [7, 11) is 0. The Hall–Kier alpha value is -1.64. The van der Waals surface area contributed by atoms with Gasteiger partial charge in [0.1, 0.15) is 6.73 Å². The predicted octanol–water partition coefficient (Wildman–Crippen LogP) is 4.00. The zero-order valence-corrected chi connectivity index (χ0v) is 11.9. The van der Waals surface area contributed by atoms with Crippen LogP contribution >= 0.6 is 0 Å². The minimum Gasteiger partial charge on any atom is -0.358 e.